The van der Waals surface area contributed by atoms with Crippen LogP contribution in [0.25, 0.3) is 0 Å². The van der Waals surface area contributed by atoms with Gasteiger partial charge >= 0.3 is 5.97 Å². The molecule has 0 aliphatic carbocycles. The maximum absolute atomic E-state index is 13.0. The van der Waals surface area contributed by atoms with E-state index in [0.717, 1.165) is 4.90 Å². The van der Waals surface area contributed by atoms with Gasteiger partial charge in [0.2, 0.25) is 5.78 Å². The number of amides is 2. The van der Waals surface area contributed by atoms with Gasteiger partial charge in [-0.25, -0.2) is 9.69 Å². The number of rotatable bonds is 5. The highest BCUT2D eigenvalue weighted by Crippen LogP contribution is 2.37. The summed E-state index contributed by atoms with van der Waals surface area (Å²) in [6.45, 7) is 1.47. The fourth-order valence-electron chi connectivity index (χ4n) is 3.37. The van der Waals surface area contributed by atoms with E-state index >= 15 is 0 Å². The van der Waals surface area contributed by atoms with Gasteiger partial charge < -0.3 is 4.74 Å². The van der Waals surface area contributed by atoms with Crippen molar-refractivity contribution in [3.05, 3.63) is 99.0 Å². The third kappa shape index (κ3) is 3.79. The van der Waals surface area contributed by atoms with Crippen LogP contribution in [-0.4, -0.2) is 29.7 Å². The number of ether oxygens (including phenoxy) is 1. The van der Waals surface area contributed by atoms with Crippen molar-refractivity contribution >= 4 is 52.5 Å². The molecule has 6 nitrogen and oxygen atoms in total. The lowest BCUT2D eigenvalue weighted by Crippen LogP contribution is -2.29. The molecule has 1 aliphatic heterocycles. The van der Waals surface area contributed by atoms with Gasteiger partial charge in [-0.15, -0.1) is 0 Å². The first kappa shape index (κ1) is 21.7. The normalized spacial score (nSPS) is 13.7. The monoisotopic (exact) mass is 467 g/mol. The van der Waals surface area contributed by atoms with Gasteiger partial charge in [-0.2, -0.15) is 0 Å². The third-order valence-corrected chi connectivity index (χ3v) is 5.81. The van der Waals surface area contributed by atoms with Crippen molar-refractivity contribution in [3.8, 4) is 0 Å². The number of halogens is 2. The minimum Gasteiger partial charge on any atom is -0.451 e. The van der Waals surface area contributed by atoms with Crippen LogP contribution in [0.4, 0.5) is 5.69 Å². The molecule has 0 fully saturated rings. The van der Waals surface area contributed by atoms with Gasteiger partial charge in [0.1, 0.15) is 0 Å². The van der Waals surface area contributed by atoms with Crippen LogP contribution >= 0.6 is 23.2 Å². The van der Waals surface area contributed by atoms with Crippen LogP contribution in [0.3, 0.4) is 0 Å². The second-order valence-corrected chi connectivity index (χ2v) is 7.84. The smallest absolute Gasteiger partial charge is 0.338 e. The fourth-order valence-corrected chi connectivity index (χ4v) is 3.75. The molecule has 8 heteroatoms. The molecule has 0 spiro atoms. The molecule has 0 unspecified atom stereocenters. The topological polar surface area (TPSA) is 80.8 Å². The maximum Gasteiger partial charge on any atom is 0.338 e. The minimum absolute atomic E-state index is 0.0301. The number of ketones is 1. The Balaban J connectivity index is 1.58. The van der Waals surface area contributed by atoms with E-state index in [1.54, 1.807) is 36.4 Å². The molecule has 0 saturated carbocycles. The zero-order valence-corrected chi connectivity index (χ0v) is 18.2. The summed E-state index contributed by atoms with van der Waals surface area (Å²) in [4.78, 5) is 51.7. The number of carbonyl (C=O) groups is 4. The average molecular weight is 468 g/mol. The van der Waals surface area contributed by atoms with Crippen molar-refractivity contribution < 1.29 is 23.9 Å². The highest BCUT2D eigenvalue weighted by atomic mass is 35.5. The molecule has 1 heterocycles. The van der Waals surface area contributed by atoms with Crippen molar-refractivity contribution in [1.82, 2.24) is 0 Å². The Kier molecular flexibility index (Phi) is 5.82. The molecule has 32 heavy (non-hydrogen) atoms. The third-order valence-electron chi connectivity index (χ3n) is 5.01. The largest absolute Gasteiger partial charge is 0.451 e. The van der Waals surface area contributed by atoms with E-state index in [1.807, 2.05) is 0 Å². The quantitative estimate of drug-likeness (QED) is 0.291. The predicted octanol–water partition coefficient (Wildman–Crippen LogP) is 5.22. The Labute approximate surface area is 193 Å². The SMILES string of the molecule is C[C@H](OC(=O)c1ccc2c(c1)C(=O)N(c1cccc(Cl)c1Cl)C2=O)C(=O)c1ccccc1. The summed E-state index contributed by atoms with van der Waals surface area (Å²) in [5, 5.41) is 0.263. The number of hydrogen-bond acceptors (Lipinski definition) is 5. The lowest BCUT2D eigenvalue weighted by molar-refractivity contribution is 0.0318. The van der Waals surface area contributed by atoms with Crippen molar-refractivity contribution in [2.24, 2.45) is 0 Å². The van der Waals surface area contributed by atoms with Gasteiger partial charge in [0.05, 0.1) is 32.4 Å². The summed E-state index contributed by atoms with van der Waals surface area (Å²) >= 11 is 12.2. The van der Waals surface area contributed by atoms with E-state index in [-0.39, 0.29) is 38.2 Å². The van der Waals surface area contributed by atoms with Gasteiger partial charge in [0, 0.05) is 5.56 Å². The molecule has 0 bridgehead atoms. The standard InChI is InChI=1S/C24H15Cl2NO5/c1-13(21(28)14-6-3-2-4-7-14)32-24(31)15-10-11-16-17(12-15)23(30)27(22(16)29)19-9-5-8-18(25)20(19)26/h2-13H,1H3/t13-/m0/s1. The maximum atomic E-state index is 13.0. The van der Waals surface area contributed by atoms with E-state index in [2.05, 4.69) is 0 Å². The lowest BCUT2D eigenvalue weighted by Gasteiger charge is -2.15. The van der Waals surface area contributed by atoms with E-state index < -0.39 is 23.9 Å². The van der Waals surface area contributed by atoms with Gasteiger partial charge in [0.15, 0.2) is 6.10 Å². The molecule has 1 atom stereocenters. The lowest BCUT2D eigenvalue weighted by atomic mass is 10.1. The summed E-state index contributed by atoms with van der Waals surface area (Å²) < 4.78 is 5.28. The summed E-state index contributed by atoms with van der Waals surface area (Å²) in [7, 11) is 0. The van der Waals surface area contributed by atoms with Crippen molar-refractivity contribution in [1.29, 1.82) is 0 Å². The number of hydrogen-bond donors (Lipinski definition) is 0. The first-order valence-electron chi connectivity index (χ1n) is 9.56. The Morgan fingerprint density at radius 3 is 2.25 bits per heavy atom. The van der Waals surface area contributed by atoms with Crippen LogP contribution in [-0.2, 0) is 4.74 Å². The van der Waals surface area contributed by atoms with E-state index in [0.29, 0.717) is 5.56 Å². The molecule has 4 rings (SSSR count). The number of benzene rings is 3. The first-order chi connectivity index (χ1) is 15.3. The highest BCUT2D eigenvalue weighted by molar-refractivity contribution is 6.46. The number of anilines is 1. The van der Waals surface area contributed by atoms with Crippen LogP contribution in [0.15, 0.2) is 66.7 Å². The molecule has 160 valence electrons. The van der Waals surface area contributed by atoms with Crippen LogP contribution < -0.4 is 4.90 Å². The summed E-state index contributed by atoms with van der Waals surface area (Å²) in [5.74, 6) is -2.36. The van der Waals surface area contributed by atoms with E-state index in [9.17, 15) is 19.2 Å². The molecular formula is C24H15Cl2NO5. The number of fused-ring (bicyclic) bond motifs is 1. The van der Waals surface area contributed by atoms with Crippen molar-refractivity contribution in [3.63, 3.8) is 0 Å². The van der Waals surface area contributed by atoms with Gasteiger partial charge in [0.25, 0.3) is 11.8 Å². The van der Waals surface area contributed by atoms with Gasteiger partial charge in [-0.05, 0) is 37.3 Å². The molecule has 0 radical (unpaired) electrons. The molecule has 0 saturated heterocycles. The van der Waals surface area contributed by atoms with E-state index in [1.165, 1.54) is 37.3 Å². The van der Waals surface area contributed by atoms with Crippen molar-refractivity contribution in [2.75, 3.05) is 4.90 Å². The number of nitrogens with zero attached hydrogens (tertiary/aromatic N) is 1. The average Bonchev–Trinajstić information content (AvgIpc) is 3.05. The van der Waals surface area contributed by atoms with Crippen LogP contribution in [0.2, 0.25) is 10.0 Å². The molecule has 2 amide bonds. The van der Waals surface area contributed by atoms with Crippen molar-refractivity contribution in [2.45, 2.75) is 13.0 Å². The van der Waals surface area contributed by atoms with Crippen LogP contribution in [0.1, 0.15) is 48.4 Å². The summed E-state index contributed by atoms with van der Waals surface area (Å²) in [6, 6.07) is 17.1. The molecule has 3 aromatic rings. The molecule has 0 N–H and O–H groups in total. The minimum atomic E-state index is -1.03. The Morgan fingerprint density at radius 2 is 1.53 bits per heavy atom. The molecule has 1 aliphatic rings. The summed E-state index contributed by atoms with van der Waals surface area (Å²) in [6.07, 6.45) is -1.03. The van der Waals surface area contributed by atoms with E-state index in [4.69, 9.17) is 27.9 Å². The first-order valence-corrected chi connectivity index (χ1v) is 10.3. The Bertz CT molecular complexity index is 1270. The zero-order chi connectivity index (χ0) is 23.0. The molecule has 0 aromatic heterocycles. The fraction of sp³-hybridized carbons (Fsp3) is 0.0833. The zero-order valence-electron chi connectivity index (χ0n) is 16.7. The second kappa shape index (κ2) is 8.57. The highest BCUT2D eigenvalue weighted by Gasteiger charge is 2.38. The van der Waals surface area contributed by atoms with Gasteiger partial charge in [-0.3, -0.25) is 14.4 Å². The number of Topliss-reactive ketones (excluding diaryl/α,β-unsaturated/α-hetero) is 1. The Hall–Kier alpha value is -3.48. The number of imide groups is 1. The Morgan fingerprint density at radius 1 is 0.844 bits per heavy atom. The van der Waals surface area contributed by atoms with Crippen LogP contribution in [0, 0.1) is 0 Å². The van der Waals surface area contributed by atoms with Crippen LogP contribution in [0.5, 0.6) is 0 Å². The number of carbonyl (C=O) groups excluding carboxylic acids is 4. The predicted molar refractivity (Wildman–Crippen MR) is 120 cm³/mol. The molecular weight excluding hydrogens is 453 g/mol. The summed E-state index contributed by atoms with van der Waals surface area (Å²) in [5.41, 5.74) is 0.753. The number of esters is 1. The second-order valence-electron chi connectivity index (χ2n) is 7.06. The van der Waals surface area contributed by atoms with Gasteiger partial charge in [-0.1, -0.05) is 59.6 Å². The molecule has 3 aromatic carbocycles.